The Morgan fingerprint density at radius 3 is 2.48 bits per heavy atom. The molecule has 0 spiro atoms. The first-order valence-corrected chi connectivity index (χ1v) is 8.14. The lowest BCUT2D eigenvalue weighted by molar-refractivity contribution is -0.116. The Bertz CT molecular complexity index is 923. The summed E-state index contributed by atoms with van der Waals surface area (Å²) in [5, 5.41) is 3.71. The van der Waals surface area contributed by atoms with E-state index >= 15 is 0 Å². The van der Waals surface area contributed by atoms with Crippen molar-refractivity contribution in [2.45, 2.75) is 13.8 Å². The van der Waals surface area contributed by atoms with E-state index in [4.69, 9.17) is 0 Å². The summed E-state index contributed by atoms with van der Waals surface area (Å²) in [4.78, 5) is 29.4. The molecule has 2 amide bonds. The van der Waals surface area contributed by atoms with Crippen LogP contribution in [0.4, 0.5) is 5.69 Å². The molecule has 3 aromatic rings. The molecule has 0 aliphatic heterocycles. The van der Waals surface area contributed by atoms with Crippen molar-refractivity contribution in [1.29, 1.82) is 0 Å². The predicted octanol–water partition coefficient (Wildman–Crippen LogP) is 3.50. The molecule has 25 heavy (non-hydrogen) atoms. The van der Waals surface area contributed by atoms with E-state index in [1.807, 2.05) is 56.3 Å². The Morgan fingerprint density at radius 1 is 1.08 bits per heavy atom. The van der Waals surface area contributed by atoms with Gasteiger partial charge in [0.25, 0.3) is 5.91 Å². The molecule has 0 radical (unpaired) electrons. The van der Waals surface area contributed by atoms with Crippen LogP contribution in [0.15, 0.2) is 48.7 Å². The van der Waals surface area contributed by atoms with Gasteiger partial charge >= 0.3 is 0 Å². The Hall–Kier alpha value is -3.08. The van der Waals surface area contributed by atoms with Gasteiger partial charge in [-0.15, -0.1) is 0 Å². The second kappa shape index (κ2) is 6.81. The quantitative estimate of drug-likeness (QED) is 0.766. The summed E-state index contributed by atoms with van der Waals surface area (Å²) in [6.45, 7) is 3.95. The Morgan fingerprint density at radius 2 is 1.76 bits per heavy atom. The maximum atomic E-state index is 12.6. The van der Waals surface area contributed by atoms with Crippen LogP contribution < -0.4 is 5.32 Å². The number of carbonyl (C=O) groups excluding carboxylic acids is 2. The van der Waals surface area contributed by atoms with Crippen LogP contribution in [0, 0.1) is 13.8 Å². The van der Waals surface area contributed by atoms with Crippen molar-refractivity contribution in [2.75, 3.05) is 18.9 Å². The van der Waals surface area contributed by atoms with Crippen LogP contribution in [0.1, 0.15) is 21.5 Å². The molecule has 0 fully saturated rings. The summed E-state index contributed by atoms with van der Waals surface area (Å²) in [6.07, 6.45) is 1.69. The Labute approximate surface area is 146 Å². The van der Waals surface area contributed by atoms with Crippen molar-refractivity contribution in [3.63, 3.8) is 0 Å². The van der Waals surface area contributed by atoms with Gasteiger partial charge in [0.2, 0.25) is 5.91 Å². The molecule has 0 unspecified atom stereocenters. The summed E-state index contributed by atoms with van der Waals surface area (Å²) in [7, 11) is 1.63. The minimum atomic E-state index is -0.222. The first kappa shape index (κ1) is 16.8. The molecule has 0 atom stereocenters. The van der Waals surface area contributed by atoms with Crippen LogP contribution in [0.2, 0.25) is 0 Å². The number of anilines is 1. The van der Waals surface area contributed by atoms with Gasteiger partial charge in [-0.05, 0) is 43.2 Å². The van der Waals surface area contributed by atoms with E-state index in [0.717, 1.165) is 27.7 Å². The van der Waals surface area contributed by atoms with Crippen molar-refractivity contribution in [3.8, 4) is 0 Å². The highest BCUT2D eigenvalue weighted by atomic mass is 16.2. The maximum absolute atomic E-state index is 12.6. The zero-order valence-electron chi connectivity index (χ0n) is 14.6. The van der Waals surface area contributed by atoms with Crippen LogP contribution in [0.3, 0.4) is 0 Å². The third kappa shape index (κ3) is 3.71. The summed E-state index contributed by atoms with van der Waals surface area (Å²) in [6, 6.07) is 13.5. The molecule has 2 N–H and O–H groups in total. The zero-order chi connectivity index (χ0) is 18.0. The lowest BCUT2D eigenvalue weighted by Crippen LogP contribution is -2.34. The van der Waals surface area contributed by atoms with Crippen molar-refractivity contribution in [1.82, 2.24) is 9.88 Å². The first-order chi connectivity index (χ1) is 11.9. The fourth-order valence-corrected chi connectivity index (χ4v) is 2.99. The SMILES string of the molecule is Cc1cc(C)cc(NC(=O)CN(C)C(=O)c2c[nH]c3ccccc23)c1. The summed E-state index contributed by atoms with van der Waals surface area (Å²) in [5.74, 6) is -0.409. The molecular formula is C20H21N3O2. The number of likely N-dealkylation sites (N-methyl/N-ethyl adjacent to an activating group) is 1. The van der Waals surface area contributed by atoms with E-state index in [2.05, 4.69) is 10.3 Å². The van der Waals surface area contributed by atoms with Gasteiger partial charge in [-0.2, -0.15) is 0 Å². The van der Waals surface area contributed by atoms with Crippen LogP contribution in [-0.4, -0.2) is 35.3 Å². The number of amides is 2. The number of nitrogens with one attached hydrogen (secondary N) is 2. The fraction of sp³-hybridized carbons (Fsp3) is 0.200. The fourth-order valence-electron chi connectivity index (χ4n) is 2.99. The summed E-state index contributed by atoms with van der Waals surface area (Å²) >= 11 is 0. The van der Waals surface area contributed by atoms with Crippen molar-refractivity contribution in [3.05, 3.63) is 65.4 Å². The van der Waals surface area contributed by atoms with Crippen LogP contribution in [-0.2, 0) is 4.79 Å². The Kier molecular flexibility index (Phi) is 4.57. The van der Waals surface area contributed by atoms with Crippen LogP contribution in [0.25, 0.3) is 10.9 Å². The number of aromatic nitrogens is 1. The van der Waals surface area contributed by atoms with Gasteiger partial charge in [0.15, 0.2) is 0 Å². The van der Waals surface area contributed by atoms with Crippen LogP contribution in [0.5, 0.6) is 0 Å². The molecule has 0 bridgehead atoms. The van der Waals surface area contributed by atoms with E-state index in [9.17, 15) is 9.59 Å². The number of aromatic amines is 1. The van der Waals surface area contributed by atoms with Crippen molar-refractivity contribution >= 4 is 28.4 Å². The highest BCUT2D eigenvalue weighted by molar-refractivity contribution is 6.08. The second-order valence-corrected chi connectivity index (χ2v) is 6.33. The summed E-state index contributed by atoms with van der Waals surface area (Å²) in [5.41, 5.74) is 4.38. The molecule has 0 saturated carbocycles. The number of nitrogens with zero attached hydrogens (tertiary/aromatic N) is 1. The van der Waals surface area contributed by atoms with E-state index in [0.29, 0.717) is 5.56 Å². The van der Waals surface area contributed by atoms with E-state index in [-0.39, 0.29) is 18.4 Å². The molecule has 3 rings (SSSR count). The van der Waals surface area contributed by atoms with Gasteiger partial charge in [0.1, 0.15) is 0 Å². The average Bonchev–Trinajstić information content (AvgIpc) is 2.96. The lowest BCUT2D eigenvalue weighted by Gasteiger charge is -2.17. The third-order valence-electron chi connectivity index (χ3n) is 4.05. The number of carbonyl (C=O) groups is 2. The Balaban J connectivity index is 1.69. The zero-order valence-corrected chi connectivity index (χ0v) is 14.6. The van der Waals surface area contributed by atoms with Crippen molar-refractivity contribution in [2.24, 2.45) is 0 Å². The molecule has 0 aliphatic rings. The topological polar surface area (TPSA) is 65.2 Å². The van der Waals surface area contributed by atoms with Crippen LogP contribution >= 0.6 is 0 Å². The molecule has 5 nitrogen and oxygen atoms in total. The molecule has 0 saturated heterocycles. The van der Waals surface area contributed by atoms with Crippen molar-refractivity contribution < 1.29 is 9.59 Å². The number of rotatable bonds is 4. The van der Waals surface area contributed by atoms with Gasteiger partial charge in [0, 0.05) is 29.8 Å². The number of para-hydroxylation sites is 1. The normalized spacial score (nSPS) is 10.7. The maximum Gasteiger partial charge on any atom is 0.256 e. The van der Waals surface area contributed by atoms with Gasteiger partial charge in [-0.1, -0.05) is 24.3 Å². The minimum absolute atomic E-state index is 0.00860. The lowest BCUT2D eigenvalue weighted by atomic mass is 10.1. The minimum Gasteiger partial charge on any atom is -0.360 e. The molecular weight excluding hydrogens is 314 g/mol. The molecule has 1 heterocycles. The predicted molar refractivity (Wildman–Crippen MR) is 99.8 cm³/mol. The summed E-state index contributed by atoms with van der Waals surface area (Å²) < 4.78 is 0. The average molecular weight is 335 g/mol. The highest BCUT2D eigenvalue weighted by Gasteiger charge is 2.18. The van der Waals surface area contributed by atoms with Gasteiger partial charge < -0.3 is 15.2 Å². The third-order valence-corrected chi connectivity index (χ3v) is 4.05. The smallest absolute Gasteiger partial charge is 0.256 e. The first-order valence-electron chi connectivity index (χ1n) is 8.14. The number of aryl methyl sites for hydroxylation is 2. The molecule has 5 heteroatoms. The van der Waals surface area contributed by atoms with E-state index in [1.54, 1.807) is 13.2 Å². The number of fused-ring (bicyclic) bond motifs is 1. The molecule has 128 valence electrons. The molecule has 1 aromatic heterocycles. The second-order valence-electron chi connectivity index (χ2n) is 6.33. The standard InChI is InChI=1S/C20H21N3O2/c1-13-8-14(2)10-15(9-13)22-19(24)12-23(3)20(25)17-11-21-18-7-5-4-6-16(17)18/h4-11,21H,12H2,1-3H3,(H,22,24). The van der Waals surface area contributed by atoms with E-state index in [1.165, 1.54) is 4.90 Å². The number of benzene rings is 2. The van der Waals surface area contributed by atoms with Gasteiger partial charge in [-0.25, -0.2) is 0 Å². The number of hydrogen-bond acceptors (Lipinski definition) is 2. The number of hydrogen-bond donors (Lipinski definition) is 2. The monoisotopic (exact) mass is 335 g/mol. The van der Waals surface area contributed by atoms with Gasteiger partial charge in [0.05, 0.1) is 12.1 Å². The highest BCUT2D eigenvalue weighted by Crippen LogP contribution is 2.19. The molecule has 2 aromatic carbocycles. The largest absolute Gasteiger partial charge is 0.360 e. The van der Waals surface area contributed by atoms with Gasteiger partial charge in [-0.3, -0.25) is 9.59 Å². The molecule has 0 aliphatic carbocycles. The van der Waals surface area contributed by atoms with E-state index < -0.39 is 0 Å². The number of H-pyrrole nitrogens is 1.